The summed E-state index contributed by atoms with van der Waals surface area (Å²) in [5.41, 5.74) is -1.18. The van der Waals surface area contributed by atoms with Gasteiger partial charge in [-0.1, -0.05) is 26.5 Å². The second kappa shape index (κ2) is 6.83. The van der Waals surface area contributed by atoms with Crippen LogP contribution in [0, 0.1) is 0 Å². The Morgan fingerprint density at radius 1 is 1.45 bits per heavy atom. The number of carbonyl (C=O) groups excluding carboxylic acids is 1. The first kappa shape index (κ1) is 18.0. The van der Waals surface area contributed by atoms with E-state index in [4.69, 9.17) is 4.74 Å². The molecular weight excluding hydrogens is 299 g/mol. The lowest BCUT2D eigenvalue weighted by atomic mass is 9.88. The summed E-state index contributed by atoms with van der Waals surface area (Å²) in [7, 11) is 0. The van der Waals surface area contributed by atoms with Crippen LogP contribution >= 0.6 is 0 Å². The van der Waals surface area contributed by atoms with Crippen molar-refractivity contribution in [3.05, 3.63) is 36.4 Å². The molecule has 122 valence electrons. The van der Waals surface area contributed by atoms with Gasteiger partial charge in [0.05, 0.1) is 6.61 Å². The molecule has 0 bridgehead atoms. The third-order valence-corrected chi connectivity index (χ3v) is 3.04. The van der Waals surface area contributed by atoms with Crippen LogP contribution in [0.5, 0.6) is 5.75 Å². The number of alkyl halides is 3. The van der Waals surface area contributed by atoms with Crippen molar-refractivity contribution in [2.75, 3.05) is 11.9 Å². The Hall–Kier alpha value is -2.02. The number of benzene rings is 1. The summed E-state index contributed by atoms with van der Waals surface area (Å²) >= 11 is 0. The number of rotatable bonds is 2. The Balaban J connectivity index is 0.00000116. The fourth-order valence-corrected chi connectivity index (χ4v) is 1.94. The largest absolute Gasteiger partial charge is 0.493 e. The molecule has 0 aromatic heterocycles. The minimum atomic E-state index is -4.97. The number of carbonyl (C=O) groups is 1. The predicted molar refractivity (Wildman–Crippen MR) is 76.7 cm³/mol. The van der Waals surface area contributed by atoms with Crippen LogP contribution in [0.2, 0.25) is 0 Å². The fraction of sp³-hybridized carbons (Fsp3) is 0.400. The van der Waals surface area contributed by atoms with Gasteiger partial charge in [0, 0.05) is 17.7 Å². The number of fused-ring (bicyclic) bond motifs is 1. The molecule has 1 heterocycles. The van der Waals surface area contributed by atoms with E-state index < -0.39 is 17.7 Å². The van der Waals surface area contributed by atoms with Crippen molar-refractivity contribution >= 4 is 11.6 Å². The number of hydrogen-bond donors (Lipinski definition) is 2. The molecule has 0 saturated heterocycles. The zero-order chi connectivity index (χ0) is 17.0. The highest BCUT2D eigenvalue weighted by Crippen LogP contribution is 2.39. The SMILES string of the molecule is C=CC1(O)CCOc2ccc(NC(=O)C(F)(F)F)cc21.CC. The van der Waals surface area contributed by atoms with Gasteiger partial charge in [0.2, 0.25) is 0 Å². The standard InChI is InChI=1S/C13H12F3NO3.C2H6/c1-2-12(19)5-6-20-10-4-3-8(7-9(10)12)17-11(18)13(14,15)16;1-2/h2-4,7,19H,1,5-6H2,(H,17,18);1-2H3. The summed E-state index contributed by atoms with van der Waals surface area (Å²) in [5, 5.41) is 12.0. The van der Waals surface area contributed by atoms with Crippen molar-refractivity contribution < 1.29 is 27.8 Å². The molecule has 1 aliphatic rings. The van der Waals surface area contributed by atoms with Crippen molar-refractivity contribution in [3.63, 3.8) is 0 Å². The molecule has 1 unspecified atom stereocenters. The maximum Gasteiger partial charge on any atom is 0.471 e. The molecule has 1 atom stereocenters. The maximum atomic E-state index is 12.2. The van der Waals surface area contributed by atoms with Crippen molar-refractivity contribution in [2.45, 2.75) is 32.0 Å². The highest BCUT2D eigenvalue weighted by Gasteiger charge is 2.39. The van der Waals surface area contributed by atoms with Crippen LogP contribution < -0.4 is 10.1 Å². The summed E-state index contributed by atoms with van der Waals surface area (Å²) in [6.07, 6.45) is -3.44. The molecule has 0 spiro atoms. The average molecular weight is 317 g/mol. The first-order valence-corrected chi connectivity index (χ1v) is 6.78. The molecule has 7 heteroatoms. The first-order valence-electron chi connectivity index (χ1n) is 6.78. The Kier molecular flexibility index (Phi) is 5.59. The van der Waals surface area contributed by atoms with E-state index >= 15 is 0 Å². The summed E-state index contributed by atoms with van der Waals surface area (Å²) in [5.74, 6) is -1.72. The van der Waals surface area contributed by atoms with Crippen LogP contribution in [0.3, 0.4) is 0 Å². The monoisotopic (exact) mass is 317 g/mol. The minimum absolute atomic E-state index is 0.0724. The zero-order valence-electron chi connectivity index (χ0n) is 12.3. The lowest BCUT2D eigenvalue weighted by Crippen LogP contribution is -2.32. The van der Waals surface area contributed by atoms with E-state index in [0.29, 0.717) is 5.75 Å². The Labute approximate surface area is 126 Å². The van der Waals surface area contributed by atoms with E-state index in [-0.39, 0.29) is 24.3 Å². The number of ether oxygens (including phenoxy) is 1. The van der Waals surface area contributed by atoms with Crippen molar-refractivity contribution in [1.29, 1.82) is 0 Å². The number of halogens is 3. The number of anilines is 1. The Bertz CT molecular complexity index is 557. The number of hydrogen-bond acceptors (Lipinski definition) is 3. The molecule has 2 rings (SSSR count). The topological polar surface area (TPSA) is 58.6 Å². The van der Waals surface area contributed by atoms with Gasteiger partial charge in [0.1, 0.15) is 11.4 Å². The molecule has 0 fully saturated rings. The fourth-order valence-electron chi connectivity index (χ4n) is 1.94. The molecule has 0 radical (unpaired) electrons. The second-order valence-corrected chi connectivity index (χ2v) is 4.39. The summed E-state index contributed by atoms with van der Waals surface area (Å²) < 4.78 is 41.9. The van der Waals surface area contributed by atoms with E-state index in [1.807, 2.05) is 13.8 Å². The van der Waals surface area contributed by atoms with Crippen LogP contribution in [0.15, 0.2) is 30.9 Å². The van der Waals surface area contributed by atoms with Crippen molar-refractivity contribution in [2.24, 2.45) is 0 Å². The lowest BCUT2D eigenvalue weighted by molar-refractivity contribution is -0.167. The smallest absolute Gasteiger partial charge is 0.471 e. The third-order valence-electron chi connectivity index (χ3n) is 3.04. The quantitative estimate of drug-likeness (QED) is 0.822. The lowest BCUT2D eigenvalue weighted by Gasteiger charge is -2.32. The van der Waals surface area contributed by atoms with Crippen molar-refractivity contribution in [1.82, 2.24) is 0 Å². The highest BCUT2D eigenvalue weighted by atomic mass is 19.4. The van der Waals surface area contributed by atoms with Gasteiger partial charge in [0.25, 0.3) is 0 Å². The maximum absolute atomic E-state index is 12.2. The molecule has 1 aromatic rings. The van der Waals surface area contributed by atoms with Crippen LogP contribution in [0.1, 0.15) is 25.8 Å². The van der Waals surface area contributed by atoms with Gasteiger partial charge in [-0.15, -0.1) is 0 Å². The van der Waals surface area contributed by atoms with Gasteiger partial charge >= 0.3 is 12.1 Å². The molecule has 1 aromatic carbocycles. The number of nitrogens with one attached hydrogen (secondary N) is 1. The molecule has 1 aliphatic heterocycles. The van der Waals surface area contributed by atoms with Crippen LogP contribution in [0.4, 0.5) is 18.9 Å². The highest BCUT2D eigenvalue weighted by molar-refractivity contribution is 5.95. The van der Waals surface area contributed by atoms with E-state index in [1.165, 1.54) is 24.3 Å². The van der Waals surface area contributed by atoms with E-state index in [1.54, 1.807) is 5.32 Å². The molecule has 2 N–H and O–H groups in total. The van der Waals surface area contributed by atoms with Gasteiger partial charge in [-0.3, -0.25) is 4.79 Å². The normalized spacial score (nSPS) is 19.9. The Morgan fingerprint density at radius 2 is 2.09 bits per heavy atom. The van der Waals surface area contributed by atoms with E-state index in [9.17, 15) is 23.1 Å². The average Bonchev–Trinajstić information content (AvgIpc) is 2.49. The Morgan fingerprint density at radius 3 is 2.64 bits per heavy atom. The molecule has 4 nitrogen and oxygen atoms in total. The van der Waals surface area contributed by atoms with Gasteiger partial charge in [-0.25, -0.2) is 0 Å². The molecule has 0 saturated carbocycles. The van der Waals surface area contributed by atoms with Gasteiger partial charge < -0.3 is 15.2 Å². The van der Waals surface area contributed by atoms with Crippen molar-refractivity contribution in [3.8, 4) is 5.75 Å². The second-order valence-electron chi connectivity index (χ2n) is 4.39. The molecule has 22 heavy (non-hydrogen) atoms. The van der Waals surface area contributed by atoms with Crippen LogP contribution in [-0.4, -0.2) is 23.8 Å². The third kappa shape index (κ3) is 3.79. The summed E-state index contributed by atoms with van der Waals surface area (Å²) in [4.78, 5) is 10.9. The van der Waals surface area contributed by atoms with E-state index in [2.05, 4.69) is 6.58 Å². The first-order chi connectivity index (χ1) is 10.3. The van der Waals surface area contributed by atoms with E-state index in [0.717, 1.165) is 0 Å². The van der Waals surface area contributed by atoms with Gasteiger partial charge in [-0.2, -0.15) is 13.2 Å². The number of aliphatic hydroxyl groups is 1. The minimum Gasteiger partial charge on any atom is -0.493 e. The number of amides is 1. The molecular formula is C15H18F3NO3. The van der Waals surface area contributed by atoms with Gasteiger partial charge in [0.15, 0.2) is 0 Å². The van der Waals surface area contributed by atoms with Crippen LogP contribution in [-0.2, 0) is 10.4 Å². The zero-order valence-corrected chi connectivity index (χ0v) is 12.3. The van der Waals surface area contributed by atoms with Crippen LogP contribution in [0.25, 0.3) is 0 Å². The molecule has 0 aliphatic carbocycles. The van der Waals surface area contributed by atoms with Gasteiger partial charge in [-0.05, 0) is 18.2 Å². The molecule has 1 amide bonds. The summed E-state index contributed by atoms with van der Waals surface area (Å²) in [6, 6.07) is 3.92. The predicted octanol–water partition coefficient (Wildman–Crippen LogP) is 3.37. The summed E-state index contributed by atoms with van der Waals surface area (Å²) in [6.45, 7) is 7.78.